The summed E-state index contributed by atoms with van der Waals surface area (Å²) in [5.41, 5.74) is 5.92. The Morgan fingerprint density at radius 1 is 1.00 bits per heavy atom. The highest BCUT2D eigenvalue weighted by molar-refractivity contribution is 7.99. The lowest BCUT2D eigenvalue weighted by atomic mass is 9.96. The fraction of sp³-hybridized carbons (Fsp3) is 0.152. The van der Waals surface area contributed by atoms with E-state index in [4.69, 9.17) is 33.5 Å². The van der Waals surface area contributed by atoms with Crippen LogP contribution in [-0.2, 0) is 0 Å². The third-order valence-corrected chi connectivity index (χ3v) is 9.23. The van der Waals surface area contributed by atoms with Gasteiger partial charge in [0.15, 0.2) is 5.11 Å². The van der Waals surface area contributed by atoms with Gasteiger partial charge >= 0.3 is 0 Å². The molecule has 0 radical (unpaired) electrons. The second-order valence-corrected chi connectivity index (χ2v) is 12.3. The average Bonchev–Trinajstić information content (AvgIpc) is 3.52. The summed E-state index contributed by atoms with van der Waals surface area (Å²) in [4.78, 5) is 19.4. The number of aromatic nitrogens is 2. The first kappa shape index (κ1) is 29.7. The molecule has 0 amide bonds. The molecule has 3 aromatic carbocycles. The number of nitro groups is 1. The SMILES string of the molecule is COc1ccc(Cl)cc1-n1c(C)cc([C@H]2[C@@H](c3ccccn3)NC(=S)N2c2ccc(Sc3ccc([N+](=O)[O-])cc3)cc2)c1C. The van der Waals surface area contributed by atoms with E-state index in [0.717, 1.165) is 49.6 Å². The lowest BCUT2D eigenvalue weighted by Crippen LogP contribution is -2.29. The molecule has 2 atom stereocenters. The molecule has 6 rings (SSSR count). The Labute approximate surface area is 269 Å². The van der Waals surface area contributed by atoms with Crippen LogP contribution in [0.3, 0.4) is 0 Å². The molecule has 11 heteroatoms. The van der Waals surface area contributed by atoms with Crippen molar-refractivity contribution < 1.29 is 9.66 Å². The third kappa shape index (κ3) is 5.63. The average molecular weight is 642 g/mol. The minimum Gasteiger partial charge on any atom is -0.495 e. The number of nitro benzene ring substituents is 1. The van der Waals surface area contributed by atoms with Crippen LogP contribution >= 0.6 is 35.6 Å². The maximum Gasteiger partial charge on any atom is 0.269 e. The molecule has 0 unspecified atom stereocenters. The van der Waals surface area contributed by atoms with Crippen LogP contribution in [0.4, 0.5) is 11.4 Å². The Balaban J connectivity index is 1.39. The Morgan fingerprint density at radius 2 is 1.70 bits per heavy atom. The molecule has 222 valence electrons. The number of rotatable bonds is 8. The van der Waals surface area contributed by atoms with Crippen molar-refractivity contribution >= 4 is 52.1 Å². The normalized spacial score (nSPS) is 16.2. The molecule has 5 aromatic rings. The summed E-state index contributed by atoms with van der Waals surface area (Å²) in [6.45, 7) is 4.17. The monoisotopic (exact) mass is 641 g/mol. The Bertz CT molecular complexity index is 1850. The highest BCUT2D eigenvalue weighted by Crippen LogP contribution is 2.45. The van der Waals surface area contributed by atoms with Crippen LogP contribution in [0.2, 0.25) is 5.02 Å². The Kier molecular flexibility index (Phi) is 8.31. The summed E-state index contributed by atoms with van der Waals surface area (Å²) in [6.07, 6.45) is 1.80. The standard InChI is InChI=1S/C33H28ClN5O3S2/c1-20-18-27(21(2)37(20)29-19-22(34)7-16-30(29)42-3)32-31(28-6-4-5-17-35-28)36-33(43)38(32)23-8-12-25(13-9-23)44-26-14-10-24(11-15-26)39(40)41/h4-19,31-32H,1-3H3,(H,36,43)/t31-,32+/m1/s1. The van der Waals surface area contributed by atoms with Crippen LogP contribution in [0, 0.1) is 24.0 Å². The highest BCUT2D eigenvalue weighted by Gasteiger charge is 2.42. The smallest absolute Gasteiger partial charge is 0.269 e. The lowest BCUT2D eigenvalue weighted by molar-refractivity contribution is -0.384. The summed E-state index contributed by atoms with van der Waals surface area (Å²) in [6, 6.07) is 28.0. The van der Waals surface area contributed by atoms with Crippen molar-refractivity contribution in [2.75, 3.05) is 12.0 Å². The van der Waals surface area contributed by atoms with Gasteiger partial charge in [-0.1, -0.05) is 29.4 Å². The summed E-state index contributed by atoms with van der Waals surface area (Å²) < 4.78 is 7.87. The van der Waals surface area contributed by atoms with Crippen molar-refractivity contribution in [3.05, 3.63) is 135 Å². The van der Waals surface area contributed by atoms with Gasteiger partial charge in [0.25, 0.3) is 5.69 Å². The van der Waals surface area contributed by atoms with E-state index in [0.29, 0.717) is 10.1 Å². The van der Waals surface area contributed by atoms with Gasteiger partial charge in [-0.2, -0.15) is 0 Å². The molecule has 0 bridgehead atoms. The number of methoxy groups -OCH3 is 1. The molecule has 0 spiro atoms. The van der Waals surface area contributed by atoms with Crippen LogP contribution in [0.1, 0.15) is 34.7 Å². The topological polar surface area (TPSA) is 85.5 Å². The van der Waals surface area contributed by atoms with Gasteiger partial charge < -0.3 is 19.5 Å². The zero-order valence-electron chi connectivity index (χ0n) is 24.1. The quantitative estimate of drug-likeness (QED) is 0.103. The predicted molar refractivity (Wildman–Crippen MR) is 178 cm³/mol. The fourth-order valence-electron chi connectivity index (χ4n) is 5.69. The maximum absolute atomic E-state index is 11.0. The van der Waals surface area contributed by atoms with Crippen molar-refractivity contribution in [1.82, 2.24) is 14.9 Å². The summed E-state index contributed by atoms with van der Waals surface area (Å²) in [5.74, 6) is 0.724. The van der Waals surface area contributed by atoms with E-state index >= 15 is 0 Å². The van der Waals surface area contributed by atoms with E-state index < -0.39 is 4.92 Å². The number of hydrogen-bond acceptors (Lipinski definition) is 6. The minimum absolute atomic E-state index is 0.0708. The number of anilines is 1. The van der Waals surface area contributed by atoms with Gasteiger partial charge in [-0.3, -0.25) is 15.1 Å². The van der Waals surface area contributed by atoms with Gasteiger partial charge in [-0.25, -0.2) is 0 Å². The molecule has 3 heterocycles. The fourth-order valence-corrected chi connectivity index (χ4v) is 7.02. The summed E-state index contributed by atoms with van der Waals surface area (Å²) >= 11 is 13.9. The molecule has 1 aliphatic heterocycles. The largest absolute Gasteiger partial charge is 0.495 e. The second-order valence-electron chi connectivity index (χ2n) is 10.3. The van der Waals surface area contributed by atoms with Crippen molar-refractivity contribution in [2.45, 2.75) is 35.7 Å². The number of non-ortho nitro benzene ring substituents is 1. The summed E-state index contributed by atoms with van der Waals surface area (Å²) in [7, 11) is 1.66. The first-order valence-corrected chi connectivity index (χ1v) is 15.4. The number of halogens is 1. The third-order valence-electron chi connectivity index (χ3n) is 7.67. The lowest BCUT2D eigenvalue weighted by Gasteiger charge is -2.28. The number of hydrogen-bond donors (Lipinski definition) is 1. The number of benzene rings is 3. The van der Waals surface area contributed by atoms with Crippen LogP contribution in [0.25, 0.3) is 5.69 Å². The molecule has 0 saturated carbocycles. The zero-order chi connectivity index (χ0) is 31.0. The van der Waals surface area contributed by atoms with Crippen LogP contribution in [-0.4, -0.2) is 26.7 Å². The molecule has 1 saturated heterocycles. The van der Waals surface area contributed by atoms with Gasteiger partial charge in [-0.05, 0) is 104 Å². The number of nitrogens with one attached hydrogen (secondary N) is 1. The molecule has 44 heavy (non-hydrogen) atoms. The first-order valence-electron chi connectivity index (χ1n) is 13.8. The molecule has 0 aliphatic carbocycles. The van der Waals surface area contributed by atoms with Gasteiger partial charge in [-0.15, -0.1) is 0 Å². The van der Waals surface area contributed by atoms with Crippen LogP contribution < -0.4 is 15.0 Å². The van der Waals surface area contributed by atoms with E-state index in [1.54, 1.807) is 25.4 Å². The number of ether oxygens (including phenoxy) is 1. The predicted octanol–water partition coefficient (Wildman–Crippen LogP) is 8.39. The van der Waals surface area contributed by atoms with E-state index in [1.165, 1.54) is 23.9 Å². The minimum atomic E-state index is -0.395. The van der Waals surface area contributed by atoms with E-state index in [9.17, 15) is 10.1 Å². The molecular formula is C33H28ClN5O3S2. The van der Waals surface area contributed by atoms with Crippen molar-refractivity contribution in [1.29, 1.82) is 0 Å². The number of nitrogens with zero attached hydrogens (tertiary/aromatic N) is 4. The first-order chi connectivity index (χ1) is 21.2. The van der Waals surface area contributed by atoms with Gasteiger partial charge in [0, 0.05) is 50.2 Å². The number of thiocarbonyl (C=S) groups is 1. The van der Waals surface area contributed by atoms with Gasteiger partial charge in [0.1, 0.15) is 5.75 Å². The Morgan fingerprint density at radius 3 is 2.34 bits per heavy atom. The van der Waals surface area contributed by atoms with Crippen LogP contribution in [0.15, 0.2) is 107 Å². The molecule has 2 aromatic heterocycles. The van der Waals surface area contributed by atoms with E-state index in [1.807, 2.05) is 48.5 Å². The molecule has 1 N–H and O–H groups in total. The van der Waals surface area contributed by atoms with Crippen LogP contribution in [0.5, 0.6) is 5.75 Å². The van der Waals surface area contributed by atoms with Gasteiger partial charge in [0.05, 0.1) is 35.5 Å². The molecule has 8 nitrogen and oxygen atoms in total. The van der Waals surface area contributed by atoms with Gasteiger partial charge in [0.2, 0.25) is 0 Å². The number of aryl methyl sites for hydroxylation is 1. The second kappa shape index (κ2) is 12.3. The van der Waals surface area contributed by atoms with Crippen molar-refractivity contribution in [3.63, 3.8) is 0 Å². The maximum atomic E-state index is 11.0. The number of pyridine rings is 1. The zero-order valence-corrected chi connectivity index (χ0v) is 26.5. The highest BCUT2D eigenvalue weighted by atomic mass is 35.5. The Hall–Kier alpha value is -4.38. The summed E-state index contributed by atoms with van der Waals surface area (Å²) in [5, 5.41) is 15.8. The van der Waals surface area contributed by atoms with E-state index in [-0.39, 0.29) is 17.8 Å². The van der Waals surface area contributed by atoms with Crippen molar-refractivity contribution in [2.24, 2.45) is 0 Å². The van der Waals surface area contributed by atoms with Crippen molar-refractivity contribution in [3.8, 4) is 11.4 Å². The molecule has 1 fully saturated rings. The molecular weight excluding hydrogens is 614 g/mol. The van der Waals surface area contributed by atoms with E-state index in [2.05, 4.69) is 46.8 Å². The molecule has 1 aliphatic rings.